The van der Waals surface area contributed by atoms with E-state index in [0.717, 1.165) is 12.0 Å². The predicted molar refractivity (Wildman–Crippen MR) is 84.3 cm³/mol. The summed E-state index contributed by atoms with van der Waals surface area (Å²) < 4.78 is 0. The molecule has 1 aliphatic heterocycles. The first-order chi connectivity index (χ1) is 10.7. The van der Waals surface area contributed by atoms with Gasteiger partial charge in [0.25, 0.3) is 0 Å². The standard InChI is InChI=1S/C17H23N3O2/c21-16-12-20(10-9-18-16)17(22)19-15(11-13-5-4-6-13)14-7-2-1-3-8-14/h1-3,7-8,13,15H,4-6,9-12H2,(H,18,21)(H,19,22). The molecule has 2 fully saturated rings. The van der Waals surface area contributed by atoms with Crippen molar-refractivity contribution in [2.45, 2.75) is 31.7 Å². The van der Waals surface area contributed by atoms with Gasteiger partial charge in [0.1, 0.15) is 6.54 Å². The van der Waals surface area contributed by atoms with Gasteiger partial charge in [-0.15, -0.1) is 0 Å². The van der Waals surface area contributed by atoms with E-state index in [1.165, 1.54) is 19.3 Å². The molecule has 5 nitrogen and oxygen atoms in total. The van der Waals surface area contributed by atoms with Crippen LogP contribution in [-0.4, -0.2) is 36.5 Å². The number of piperazine rings is 1. The van der Waals surface area contributed by atoms with Gasteiger partial charge < -0.3 is 15.5 Å². The maximum atomic E-state index is 12.5. The monoisotopic (exact) mass is 301 g/mol. The van der Waals surface area contributed by atoms with Crippen molar-refractivity contribution in [2.75, 3.05) is 19.6 Å². The van der Waals surface area contributed by atoms with E-state index in [4.69, 9.17) is 0 Å². The highest BCUT2D eigenvalue weighted by Crippen LogP contribution is 2.34. The van der Waals surface area contributed by atoms with E-state index in [2.05, 4.69) is 22.8 Å². The lowest BCUT2D eigenvalue weighted by Crippen LogP contribution is -2.53. The van der Waals surface area contributed by atoms with E-state index in [-0.39, 0.29) is 24.5 Å². The Hall–Kier alpha value is -2.04. The molecule has 0 radical (unpaired) electrons. The van der Waals surface area contributed by atoms with Crippen molar-refractivity contribution in [1.82, 2.24) is 15.5 Å². The van der Waals surface area contributed by atoms with Crippen molar-refractivity contribution in [1.29, 1.82) is 0 Å². The third-order valence-corrected chi connectivity index (χ3v) is 4.62. The highest BCUT2D eigenvalue weighted by Gasteiger charge is 2.27. The third kappa shape index (κ3) is 3.59. The minimum Gasteiger partial charge on any atom is -0.353 e. The fraction of sp³-hybridized carbons (Fsp3) is 0.529. The molecule has 2 N–H and O–H groups in total. The summed E-state index contributed by atoms with van der Waals surface area (Å²) in [6, 6.07) is 10.0. The van der Waals surface area contributed by atoms with Gasteiger partial charge in [-0.2, -0.15) is 0 Å². The minimum absolute atomic E-state index is 0.0315. The van der Waals surface area contributed by atoms with Crippen LogP contribution in [0.25, 0.3) is 0 Å². The predicted octanol–water partition coefficient (Wildman–Crippen LogP) is 2.06. The molecule has 1 atom stereocenters. The lowest BCUT2D eigenvalue weighted by molar-refractivity contribution is -0.123. The van der Waals surface area contributed by atoms with E-state index in [1.807, 2.05) is 18.2 Å². The van der Waals surface area contributed by atoms with Crippen LogP contribution in [-0.2, 0) is 4.79 Å². The van der Waals surface area contributed by atoms with Gasteiger partial charge in [-0.3, -0.25) is 4.79 Å². The summed E-state index contributed by atoms with van der Waals surface area (Å²) in [5.74, 6) is 0.617. The van der Waals surface area contributed by atoms with Gasteiger partial charge in [0, 0.05) is 13.1 Å². The zero-order chi connectivity index (χ0) is 15.4. The number of amides is 3. The molecular weight excluding hydrogens is 278 g/mol. The second kappa shape index (κ2) is 6.81. The van der Waals surface area contributed by atoms with E-state index in [0.29, 0.717) is 19.0 Å². The number of carbonyl (C=O) groups is 2. The summed E-state index contributed by atoms with van der Waals surface area (Å²) in [4.78, 5) is 25.5. The number of hydrogen-bond acceptors (Lipinski definition) is 2. The summed E-state index contributed by atoms with van der Waals surface area (Å²) in [5.41, 5.74) is 1.14. The number of carbonyl (C=O) groups excluding carboxylic acids is 2. The Morgan fingerprint density at radius 3 is 2.73 bits per heavy atom. The van der Waals surface area contributed by atoms with Crippen molar-refractivity contribution in [3.63, 3.8) is 0 Å². The molecule has 22 heavy (non-hydrogen) atoms. The van der Waals surface area contributed by atoms with Gasteiger partial charge in [0.2, 0.25) is 5.91 Å². The lowest BCUT2D eigenvalue weighted by Gasteiger charge is -2.33. The minimum atomic E-state index is -0.136. The smallest absolute Gasteiger partial charge is 0.318 e. The number of benzene rings is 1. The Balaban J connectivity index is 1.66. The summed E-state index contributed by atoms with van der Waals surface area (Å²) in [5, 5.41) is 5.87. The molecule has 0 spiro atoms. The zero-order valence-electron chi connectivity index (χ0n) is 12.8. The summed E-state index contributed by atoms with van der Waals surface area (Å²) in [6.07, 6.45) is 4.79. The van der Waals surface area contributed by atoms with Gasteiger partial charge >= 0.3 is 6.03 Å². The molecule has 1 heterocycles. The third-order valence-electron chi connectivity index (χ3n) is 4.62. The number of urea groups is 1. The second-order valence-electron chi connectivity index (χ2n) is 6.22. The molecule has 0 bridgehead atoms. The Morgan fingerprint density at radius 2 is 2.09 bits per heavy atom. The Labute approximate surface area is 131 Å². The SMILES string of the molecule is O=C1CN(C(=O)NC(CC2CCC2)c2ccccc2)CCN1. The number of nitrogens with one attached hydrogen (secondary N) is 2. The highest BCUT2D eigenvalue weighted by atomic mass is 16.2. The Bertz CT molecular complexity index is 528. The molecule has 1 aromatic carbocycles. The maximum absolute atomic E-state index is 12.5. The first-order valence-electron chi connectivity index (χ1n) is 8.09. The molecule has 3 rings (SSSR count). The molecule has 118 valence electrons. The van der Waals surface area contributed by atoms with Gasteiger partial charge in [0.15, 0.2) is 0 Å². The van der Waals surface area contributed by atoms with Crippen molar-refractivity contribution in [3.05, 3.63) is 35.9 Å². The van der Waals surface area contributed by atoms with E-state index < -0.39 is 0 Å². The van der Waals surface area contributed by atoms with Crippen LogP contribution in [0.5, 0.6) is 0 Å². The molecule has 1 unspecified atom stereocenters. The molecule has 0 aromatic heterocycles. The van der Waals surface area contributed by atoms with Crippen LogP contribution in [0, 0.1) is 5.92 Å². The van der Waals surface area contributed by atoms with Crippen LogP contribution in [0.2, 0.25) is 0 Å². The van der Waals surface area contributed by atoms with Crippen LogP contribution in [0.4, 0.5) is 4.79 Å². The van der Waals surface area contributed by atoms with Crippen molar-refractivity contribution in [2.24, 2.45) is 5.92 Å². The average molecular weight is 301 g/mol. The van der Waals surface area contributed by atoms with Gasteiger partial charge in [-0.05, 0) is 17.9 Å². The van der Waals surface area contributed by atoms with Crippen LogP contribution in [0.15, 0.2) is 30.3 Å². The Morgan fingerprint density at radius 1 is 1.32 bits per heavy atom. The molecular formula is C17H23N3O2. The first kappa shape index (κ1) is 14.9. The quantitative estimate of drug-likeness (QED) is 0.894. The molecule has 1 aliphatic carbocycles. The largest absolute Gasteiger partial charge is 0.353 e. The maximum Gasteiger partial charge on any atom is 0.318 e. The molecule has 1 saturated carbocycles. The van der Waals surface area contributed by atoms with Gasteiger partial charge in [0.05, 0.1) is 6.04 Å². The highest BCUT2D eigenvalue weighted by molar-refractivity contribution is 5.85. The van der Waals surface area contributed by atoms with Crippen LogP contribution < -0.4 is 10.6 Å². The first-order valence-corrected chi connectivity index (χ1v) is 8.09. The van der Waals surface area contributed by atoms with Crippen molar-refractivity contribution >= 4 is 11.9 Å². The average Bonchev–Trinajstić information content (AvgIpc) is 2.50. The molecule has 2 aliphatic rings. The van der Waals surface area contributed by atoms with E-state index in [1.54, 1.807) is 4.90 Å². The Kier molecular flexibility index (Phi) is 4.61. The molecule has 1 aromatic rings. The molecule has 1 saturated heterocycles. The summed E-state index contributed by atoms with van der Waals surface area (Å²) >= 11 is 0. The van der Waals surface area contributed by atoms with Crippen molar-refractivity contribution < 1.29 is 9.59 Å². The molecule has 3 amide bonds. The van der Waals surface area contributed by atoms with Gasteiger partial charge in [-0.1, -0.05) is 49.6 Å². The lowest BCUT2D eigenvalue weighted by atomic mass is 9.79. The van der Waals surface area contributed by atoms with E-state index in [9.17, 15) is 9.59 Å². The second-order valence-corrected chi connectivity index (χ2v) is 6.22. The van der Waals surface area contributed by atoms with Gasteiger partial charge in [-0.25, -0.2) is 4.79 Å². The zero-order valence-corrected chi connectivity index (χ0v) is 12.8. The normalized spacial score (nSPS) is 20.0. The van der Waals surface area contributed by atoms with Crippen LogP contribution in [0.3, 0.4) is 0 Å². The summed E-state index contributed by atoms with van der Waals surface area (Å²) in [7, 11) is 0. The number of rotatable bonds is 4. The topological polar surface area (TPSA) is 61.4 Å². The summed E-state index contributed by atoms with van der Waals surface area (Å²) in [6.45, 7) is 1.25. The number of hydrogen-bond donors (Lipinski definition) is 2. The molecule has 5 heteroatoms. The fourth-order valence-electron chi connectivity index (χ4n) is 3.08. The van der Waals surface area contributed by atoms with E-state index >= 15 is 0 Å². The number of nitrogens with zero attached hydrogens (tertiary/aromatic N) is 1. The van der Waals surface area contributed by atoms with Crippen LogP contribution in [0.1, 0.15) is 37.3 Å². The van der Waals surface area contributed by atoms with Crippen LogP contribution >= 0.6 is 0 Å². The fourth-order valence-corrected chi connectivity index (χ4v) is 3.08. The van der Waals surface area contributed by atoms with Crippen molar-refractivity contribution in [3.8, 4) is 0 Å².